The first-order chi connectivity index (χ1) is 20.6. The lowest BCUT2D eigenvalue weighted by Crippen LogP contribution is -2.56. The second-order valence-corrected chi connectivity index (χ2v) is 19.1. The van der Waals surface area contributed by atoms with Crippen LogP contribution in [0.3, 0.4) is 0 Å². The lowest BCUT2D eigenvalue weighted by Gasteiger charge is -2.40. The topological polar surface area (TPSA) is 166 Å². The van der Waals surface area contributed by atoms with Crippen LogP contribution in [0.1, 0.15) is 65.9 Å². The number of esters is 2. The van der Waals surface area contributed by atoms with E-state index >= 15 is 0 Å². The molecule has 0 spiro atoms. The molecule has 0 aliphatic carbocycles. The van der Waals surface area contributed by atoms with E-state index < -0.39 is 56.4 Å². The van der Waals surface area contributed by atoms with E-state index in [1.807, 2.05) is 66.5 Å². The van der Waals surface area contributed by atoms with Crippen LogP contribution in [0.25, 0.3) is 0 Å². The summed E-state index contributed by atoms with van der Waals surface area (Å²) in [7, 11) is -1.20. The summed E-state index contributed by atoms with van der Waals surface area (Å²) in [5.74, 6) is -2.77. The number of carbonyl (C=O) groups excluding carboxylic acids is 5. The predicted octanol–water partition coefficient (Wildman–Crippen LogP) is 2.93. The van der Waals surface area contributed by atoms with Gasteiger partial charge < -0.3 is 39.1 Å². The van der Waals surface area contributed by atoms with E-state index in [4.69, 9.17) is 18.6 Å². The quantitative estimate of drug-likeness (QED) is 0.202. The molecule has 0 aromatic carbocycles. The van der Waals surface area contributed by atoms with Crippen molar-refractivity contribution in [2.45, 2.75) is 97.2 Å². The van der Waals surface area contributed by atoms with Crippen LogP contribution in [0.2, 0.25) is 18.1 Å². The van der Waals surface area contributed by atoms with Crippen LogP contribution in [-0.4, -0.2) is 112 Å². The van der Waals surface area contributed by atoms with Gasteiger partial charge in [0.05, 0.1) is 13.7 Å². The summed E-state index contributed by atoms with van der Waals surface area (Å²) in [4.78, 5) is 71.2. The van der Waals surface area contributed by atoms with E-state index in [1.165, 1.54) is 18.3 Å². The Morgan fingerprint density at radius 3 is 2.22 bits per heavy atom. The van der Waals surface area contributed by atoms with Gasteiger partial charge in [0, 0.05) is 38.0 Å². The largest absolute Gasteiger partial charge is 0.467 e. The van der Waals surface area contributed by atoms with E-state index in [0.29, 0.717) is 24.8 Å². The Morgan fingerprint density at radius 1 is 1.04 bits per heavy atom. The maximum atomic E-state index is 13.4. The first kappa shape index (κ1) is 37.9. The summed E-state index contributed by atoms with van der Waals surface area (Å²) in [6.07, 6.45) is -0.375. The summed E-state index contributed by atoms with van der Waals surface area (Å²) in [6.45, 7) is 19.6. The van der Waals surface area contributed by atoms with Crippen molar-refractivity contribution in [3.05, 3.63) is 11.1 Å². The van der Waals surface area contributed by atoms with E-state index in [9.17, 15) is 24.0 Å². The third kappa shape index (κ3) is 11.3. The zero-order chi connectivity index (χ0) is 34.3. The number of ether oxygens (including phenoxy) is 3. The minimum Gasteiger partial charge on any atom is -0.467 e. The lowest BCUT2D eigenvalue weighted by molar-refractivity contribution is -0.151. The Labute approximate surface area is 270 Å². The molecular formula is C29H49N5O9SSi. The number of piperazine rings is 1. The Kier molecular flexibility index (Phi) is 13.0. The smallest absolute Gasteiger partial charge is 0.410 e. The van der Waals surface area contributed by atoms with Crippen molar-refractivity contribution in [2.24, 2.45) is 0 Å². The monoisotopic (exact) mass is 671 g/mol. The van der Waals surface area contributed by atoms with Gasteiger partial charge in [-0.15, -0.1) is 11.3 Å². The lowest BCUT2D eigenvalue weighted by atomic mass is 10.2. The van der Waals surface area contributed by atoms with Crippen molar-refractivity contribution in [3.63, 3.8) is 0 Å². The summed E-state index contributed by atoms with van der Waals surface area (Å²) in [5, 5.41) is 7.22. The average molecular weight is 672 g/mol. The zero-order valence-electron chi connectivity index (χ0n) is 28.3. The molecule has 3 amide bonds. The number of nitrogens with zero attached hydrogens (tertiary/aromatic N) is 3. The molecule has 1 aliphatic heterocycles. The van der Waals surface area contributed by atoms with E-state index in [0.717, 1.165) is 7.11 Å². The molecule has 2 heterocycles. The van der Waals surface area contributed by atoms with Crippen LogP contribution >= 0.6 is 11.3 Å². The molecule has 1 aromatic heterocycles. The van der Waals surface area contributed by atoms with Gasteiger partial charge in [-0.1, -0.05) is 20.8 Å². The van der Waals surface area contributed by atoms with Crippen LogP contribution in [0.15, 0.2) is 5.38 Å². The van der Waals surface area contributed by atoms with Crippen molar-refractivity contribution in [1.82, 2.24) is 20.5 Å². The molecule has 45 heavy (non-hydrogen) atoms. The van der Waals surface area contributed by atoms with Gasteiger partial charge in [-0.25, -0.2) is 14.6 Å². The summed E-state index contributed by atoms with van der Waals surface area (Å²) in [5.41, 5.74) is -0.495. The fourth-order valence-electron chi connectivity index (χ4n) is 3.94. The molecular weight excluding hydrogens is 622 g/mol. The number of hydrogen-bond acceptors (Lipinski definition) is 12. The Hall–Kier alpha value is -3.24. The second-order valence-electron chi connectivity index (χ2n) is 13.5. The molecule has 0 saturated carbocycles. The second kappa shape index (κ2) is 15.4. The number of rotatable bonds is 11. The third-order valence-corrected chi connectivity index (χ3v) is 12.9. The van der Waals surface area contributed by atoms with E-state index in [-0.39, 0.29) is 29.5 Å². The first-order valence-electron chi connectivity index (χ1n) is 14.8. The minimum atomic E-state index is -2.34. The van der Waals surface area contributed by atoms with Gasteiger partial charge in [0.15, 0.2) is 19.5 Å². The normalized spacial score (nSPS) is 17.2. The molecule has 1 aromatic rings. The fraction of sp³-hybridized carbons (Fsp3) is 0.724. The summed E-state index contributed by atoms with van der Waals surface area (Å²) < 4.78 is 21.4. The van der Waals surface area contributed by atoms with Crippen LogP contribution in [-0.2, 0) is 33.0 Å². The van der Waals surface area contributed by atoms with Gasteiger partial charge in [-0.05, 0) is 45.8 Å². The van der Waals surface area contributed by atoms with Gasteiger partial charge in [-0.2, -0.15) is 0 Å². The van der Waals surface area contributed by atoms with Crippen LogP contribution in [0.4, 0.5) is 9.93 Å². The predicted molar refractivity (Wildman–Crippen MR) is 172 cm³/mol. The van der Waals surface area contributed by atoms with Gasteiger partial charge in [-0.3, -0.25) is 14.4 Å². The average Bonchev–Trinajstić information content (AvgIpc) is 3.41. The highest BCUT2D eigenvalue weighted by molar-refractivity contribution is 7.13. The molecule has 0 radical (unpaired) electrons. The fourth-order valence-corrected chi connectivity index (χ4v) is 5.80. The minimum absolute atomic E-state index is 0.104. The molecule has 1 saturated heterocycles. The highest BCUT2D eigenvalue weighted by Crippen LogP contribution is 2.36. The molecule has 254 valence electrons. The molecule has 0 unspecified atom stereocenters. The Balaban J connectivity index is 2.19. The molecule has 16 heteroatoms. The number of nitrogens with one attached hydrogen (secondary N) is 2. The highest BCUT2D eigenvalue weighted by Gasteiger charge is 2.39. The highest BCUT2D eigenvalue weighted by atomic mass is 32.1. The summed E-state index contributed by atoms with van der Waals surface area (Å²) in [6, 6.07) is -2.63. The molecule has 14 nitrogen and oxygen atoms in total. The number of amides is 3. The molecule has 2 N–H and O–H groups in total. The Morgan fingerprint density at radius 2 is 1.69 bits per heavy atom. The molecule has 0 bridgehead atoms. The van der Waals surface area contributed by atoms with Crippen molar-refractivity contribution in [3.8, 4) is 0 Å². The van der Waals surface area contributed by atoms with Crippen molar-refractivity contribution >= 4 is 54.6 Å². The summed E-state index contributed by atoms with van der Waals surface area (Å²) >= 11 is 1.27. The van der Waals surface area contributed by atoms with Crippen LogP contribution in [0, 0.1) is 0 Å². The number of hydrogen-bond donors (Lipinski definition) is 2. The molecule has 1 fully saturated rings. The van der Waals surface area contributed by atoms with Gasteiger partial charge in [0.1, 0.15) is 23.9 Å². The van der Waals surface area contributed by atoms with Crippen molar-refractivity contribution in [2.75, 3.05) is 44.9 Å². The first-order valence-corrected chi connectivity index (χ1v) is 18.6. The van der Waals surface area contributed by atoms with Crippen molar-refractivity contribution in [1.29, 1.82) is 0 Å². The zero-order valence-corrected chi connectivity index (χ0v) is 30.1. The van der Waals surface area contributed by atoms with Gasteiger partial charge in [0.2, 0.25) is 5.91 Å². The third-order valence-electron chi connectivity index (χ3n) is 7.55. The molecule has 2 rings (SSSR count). The number of carbonyl (C=O) groups is 5. The van der Waals surface area contributed by atoms with Crippen LogP contribution < -0.4 is 15.5 Å². The SMILES string of the molecule is COC(=O)[C@H](COC(C)=O)NC(=O)[C@H](CO[Si](C)(C)C(C)(C)C)NC(=O)c1csc(N2CCN(C(=O)OC(C)(C)C)[C@@H](C)C2)n1. The number of aromatic nitrogens is 1. The molecule has 1 aliphatic rings. The number of methoxy groups -OCH3 is 1. The number of thiazole rings is 1. The van der Waals surface area contributed by atoms with E-state index in [2.05, 4.69) is 15.6 Å². The van der Waals surface area contributed by atoms with Gasteiger partial charge in [0.25, 0.3) is 5.91 Å². The molecule has 3 atom stereocenters. The number of anilines is 1. The standard InChI is InChI=1S/C29H49N5O9SSi/c1-18-14-33(12-13-34(18)27(39)43-28(3,4)5)26-32-22(17-44-26)24(37)30-20(16-42-45(10,11)29(6,7)8)23(36)31-21(25(38)40-9)15-41-19(2)35/h17-18,20-21H,12-16H2,1-11H3,(H,30,37)(H,31,36)/t18-,20-,21-/m0/s1. The maximum Gasteiger partial charge on any atom is 0.410 e. The van der Waals surface area contributed by atoms with Gasteiger partial charge >= 0.3 is 18.0 Å². The van der Waals surface area contributed by atoms with Crippen LogP contribution in [0.5, 0.6) is 0 Å². The van der Waals surface area contributed by atoms with Crippen molar-refractivity contribution < 1.29 is 42.6 Å². The van der Waals surface area contributed by atoms with E-state index in [1.54, 1.807) is 10.3 Å². The maximum absolute atomic E-state index is 13.4. The Bertz CT molecular complexity index is 1230.